The first kappa shape index (κ1) is 12.7. The van der Waals surface area contributed by atoms with Crippen LogP contribution in [0.15, 0.2) is 23.4 Å². The predicted molar refractivity (Wildman–Crippen MR) is 54.2 cm³/mol. The van der Waals surface area contributed by atoms with Crippen molar-refractivity contribution in [3.05, 3.63) is 18.5 Å². The van der Waals surface area contributed by atoms with Crippen molar-refractivity contribution in [2.45, 2.75) is 10.9 Å². The molecule has 0 fully saturated rings. The Balaban J connectivity index is 2.91. The second-order valence-electron chi connectivity index (χ2n) is 3.21. The van der Waals surface area contributed by atoms with Crippen molar-refractivity contribution in [3.63, 3.8) is 0 Å². The van der Waals surface area contributed by atoms with Gasteiger partial charge in [-0.25, -0.2) is 8.42 Å². The van der Waals surface area contributed by atoms with Gasteiger partial charge in [-0.3, -0.25) is 4.79 Å². The quantitative estimate of drug-likeness (QED) is 0.603. The maximum absolute atomic E-state index is 11.6. The molecule has 0 aliphatic heterocycles. The van der Waals surface area contributed by atoms with E-state index in [1.165, 1.54) is 23.0 Å². The average molecular weight is 248 g/mol. The van der Waals surface area contributed by atoms with E-state index in [2.05, 4.69) is 0 Å². The number of hydrogen-bond donors (Lipinski definition) is 3. The summed E-state index contributed by atoms with van der Waals surface area (Å²) in [5.74, 6) is -1.43. The van der Waals surface area contributed by atoms with Crippen LogP contribution in [0.4, 0.5) is 0 Å². The Bertz CT molecular complexity index is 478. The maximum atomic E-state index is 11.6. The third-order valence-electron chi connectivity index (χ3n) is 1.89. The van der Waals surface area contributed by atoms with Crippen molar-refractivity contribution in [3.8, 4) is 0 Å². The molecule has 90 valence electrons. The first-order chi connectivity index (χ1) is 7.36. The summed E-state index contributed by atoms with van der Waals surface area (Å²) in [5, 5.41) is 17.3. The zero-order valence-electron chi connectivity index (χ0n) is 8.49. The largest absolute Gasteiger partial charge is 0.480 e. The summed E-state index contributed by atoms with van der Waals surface area (Å²) in [6, 6.07) is -0.205. The number of aliphatic hydroxyl groups is 1. The molecule has 0 radical (unpaired) electrons. The molecule has 1 heterocycles. The number of hydrogen-bond acceptors (Lipinski definition) is 4. The first-order valence-electron chi connectivity index (χ1n) is 4.35. The molecular formula is C8H12N2O5S. The van der Waals surface area contributed by atoms with Gasteiger partial charge in [-0.2, -0.15) is 4.72 Å². The third kappa shape index (κ3) is 2.81. The van der Waals surface area contributed by atoms with Crippen molar-refractivity contribution < 1.29 is 23.4 Å². The topological polar surface area (TPSA) is 109 Å². The molecule has 1 aromatic rings. The molecule has 0 unspecified atom stereocenters. The van der Waals surface area contributed by atoms with E-state index in [-0.39, 0.29) is 4.90 Å². The smallest absolute Gasteiger partial charge is 0.324 e. The van der Waals surface area contributed by atoms with Crippen LogP contribution in [0.1, 0.15) is 0 Å². The third-order valence-corrected chi connectivity index (χ3v) is 3.35. The highest BCUT2D eigenvalue weighted by atomic mass is 32.2. The van der Waals surface area contributed by atoms with Gasteiger partial charge in [0.2, 0.25) is 10.0 Å². The molecule has 3 N–H and O–H groups in total. The number of carbonyl (C=O) groups is 1. The van der Waals surface area contributed by atoms with Crippen molar-refractivity contribution in [2.24, 2.45) is 7.05 Å². The van der Waals surface area contributed by atoms with E-state index in [0.29, 0.717) is 0 Å². The van der Waals surface area contributed by atoms with Gasteiger partial charge in [-0.05, 0) is 6.07 Å². The molecule has 7 nitrogen and oxygen atoms in total. The number of carboxylic acid groups (broad SMARTS) is 1. The lowest BCUT2D eigenvalue weighted by molar-refractivity contribution is -0.139. The molecule has 0 saturated heterocycles. The Morgan fingerprint density at radius 2 is 2.25 bits per heavy atom. The fourth-order valence-corrected chi connectivity index (χ4v) is 2.29. The van der Waals surface area contributed by atoms with Gasteiger partial charge < -0.3 is 14.8 Å². The number of aryl methyl sites for hydroxylation is 1. The molecule has 0 amide bonds. The molecule has 0 saturated carbocycles. The van der Waals surface area contributed by atoms with Crippen molar-refractivity contribution in [1.29, 1.82) is 0 Å². The predicted octanol–water partition coefficient (Wildman–Crippen LogP) is -1.25. The van der Waals surface area contributed by atoms with Gasteiger partial charge in [0.05, 0.1) is 11.5 Å². The Kier molecular flexibility index (Phi) is 3.68. The minimum absolute atomic E-state index is 0.0466. The second-order valence-corrected chi connectivity index (χ2v) is 4.92. The number of sulfonamides is 1. The van der Waals surface area contributed by atoms with Crippen LogP contribution in [0.25, 0.3) is 0 Å². The molecule has 8 heteroatoms. The van der Waals surface area contributed by atoms with E-state index < -0.39 is 28.6 Å². The van der Waals surface area contributed by atoms with Crippen LogP contribution in [0.5, 0.6) is 0 Å². The second kappa shape index (κ2) is 4.64. The van der Waals surface area contributed by atoms with E-state index >= 15 is 0 Å². The zero-order chi connectivity index (χ0) is 12.3. The molecule has 16 heavy (non-hydrogen) atoms. The van der Waals surface area contributed by atoms with Crippen LogP contribution in [0, 0.1) is 0 Å². The normalized spacial score (nSPS) is 13.6. The SMILES string of the molecule is Cn1ccc(S(=O)(=O)N[C@H](CO)C(=O)O)c1. The number of nitrogens with zero attached hydrogens (tertiary/aromatic N) is 1. The lowest BCUT2D eigenvalue weighted by Gasteiger charge is -2.10. The molecule has 0 bridgehead atoms. The first-order valence-corrected chi connectivity index (χ1v) is 5.83. The summed E-state index contributed by atoms with van der Waals surface area (Å²) in [6.07, 6.45) is 2.85. The number of aliphatic carboxylic acids is 1. The fourth-order valence-electron chi connectivity index (χ4n) is 1.06. The average Bonchev–Trinajstić information content (AvgIpc) is 2.61. The number of aromatic nitrogens is 1. The van der Waals surface area contributed by atoms with Gasteiger partial charge >= 0.3 is 5.97 Å². The van der Waals surface area contributed by atoms with Gasteiger partial charge in [-0.1, -0.05) is 0 Å². The Morgan fingerprint density at radius 3 is 2.62 bits per heavy atom. The zero-order valence-corrected chi connectivity index (χ0v) is 9.31. The van der Waals surface area contributed by atoms with Gasteiger partial charge in [-0.15, -0.1) is 0 Å². The summed E-state index contributed by atoms with van der Waals surface area (Å²) in [7, 11) is -2.27. The number of rotatable bonds is 5. The Morgan fingerprint density at radius 1 is 1.62 bits per heavy atom. The van der Waals surface area contributed by atoms with Crippen LogP contribution in [-0.4, -0.2) is 41.8 Å². The molecule has 0 spiro atoms. The summed E-state index contributed by atoms with van der Waals surface area (Å²) >= 11 is 0. The minimum atomic E-state index is -3.91. The summed E-state index contributed by atoms with van der Waals surface area (Å²) in [5.41, 5.74) is 0. The summed E-state index contributed by atoms with van der Waals surface area (Å²) in [4.78, 5) is 10.5. The summed E-state index contributed by atoms with van der Waals surface area (Å²) < 4.78 is 26.6. The molecule has 1 rings (SSSR count). The maximum Gasteiger partial charge on any atom is 0.324 e. The minimum Gasteiger partial charge on any atom is -0.480 e. The highest BCUT2D eigenvalue weighted by Gasteiger charge is 2.24. The van der Waals surface area contributed by atoms with Gasteiger partial charge in [0.25, 0.3) is 0 Å². The van der Waals surface area contributed by atoms with E-state index in [0.717, 1.165) is 0 Å². The van der Waals surface area contributed by atoms with E-state index in [4.69, 9.17) is 10.2 Å². The molecule has 1 atom stereocenters. The van der Waals surface area contributed by atoms with Gasteiger partial charge in [0, 0.05) is 19.4 Å². The highest BCUT2D eigenvalue weighted by Crippen LogP contribution is 2.08. The molecule has 0 aromatic carbocycles. The fraction of sp³-hybridized carbons (Fsp3) is 0.375. The highest BCUT2D eigenvalue weighted by molar-refractivity contribution is 7.89. The van der Waals surface area contributed by atoms with Crippen LogP contribution >= 0.6 is 0 Å². The van der Waals surface area contributed by atoms with Crippen LogP contribution in [0.3, 0.4) is 0 Å². The van der Waals surface area contributed by atoms with E-state index in [1.807, 2.05) is 4.72 Å². The molecule has 0 aliphatic carbocycles. The van der Waals surface area contributed by atoms with Crippen LogP contribution < -0.4 is 4.72 Å². The molecular weight excluding hydrogens is 236 g/mol. The molecule has 0 aliphatic rings. The van der Waals surface area contributed by atoms with Gasteiger partial charge in [0.1, 0.15) is 6.04 Å². The number of carboxylic acids is 1. The van der Waals surface area contributed by atoms with Crippen LogP contribution in [-0.2, 0) is 21.9 Å². The Labute approximate surface area is 92.4 Å². The van der Waals surface area contributed by atoms with E-state index in [9.17, 15) is 13.2 Å². The Hall–Kier alpha value is -1.38. The van der Waals surface area contributed by atoms with Crippen molar-refractivity contribution >= 4 is 16.0 Å². The van der Waals surface area contributed by atoms with Crippen molar-refractivity contribution in [2.75, 3.05) is 6.61 Å². The molecule has 1 aromatic heterocycles. The van der Waals surface area contributed by atoms with E-state index in [1.54, 1.807) is 7.05 Å². The standard InChI is InChI=1S/C8H12N2O5S/c1-10-3-2-6(4-10)16(14,15)9-7(5-11)8(12)13/h2-4,7,9,11H,5H2,1H3,(H,12,13)/t7-/m1/s1. The lowest BCUT2D eigenvalue weighted by Crippen LogP contribution is -2.43. The summed E-state index contributed by atoms with van der Waals surface area (Å²) in [6.45, 7) is -0.804. The number of aliphatic hydroxyl groups excluding tert-OH is 1. The van der Waals surface area contributed by atoms with Gasteiger partial charge in [0.15, 0.2) is 0 Å². The number of nitrogens with one attached hydrogen (secondary N) is 1. The monoisotopic (exact) mass is 248 g/mol. The van der Waals surface area contributed by atoms with Crippen LogP contribution in [0.2, 0.25) is 0 Å². The van der Waals surface area contributed by atoms with Crippen molar-refractivity contribution in [1.82, 2.24) is 9.29 Å². The lowest BCUT2D eigenvalue weighted by atomic mass is 10.3.